The van der Waals surface area contributed by atoms with E-state index in [2.05, 4.69) is 4.98 Å². The summed E-state index contributed by atoms with van der Waals surface area (Å²) in [5.41, 5.74) is 0.486. The van der Waals surface area contributed by atoms with Crippen molar-refractivity contribution in [1.29, 1.82) is 5.26 Å². The second-order valence-corrected chi connectivity index (χ2v) is 6.00. The van der Waals surface area contributed by atoms with Gasteiger partial charge in [-0.15, -0.1) is 0 Å². The van der Waals surface area contributed by atoms with Crippen molar-refractivity contribution in [2.45, 2.75) is 5.03 Å². The Kier molecular flexibility index (Phi) is 4.21. The fourth-order valence-corrected chi connectivity index (χ4v) is 2.47. The molecule has 0 aliphatic heterocycles. The monoisotopic (exact) mass is 321 g/mol. The van der Waals surface area contributed by atoms with Gasteiger partial charge in [-0.25, -0.2) is 9.71 Å². The Bertz CT molecular complexity index is 809. The second kappa shape index (κ2) is 5.91. The molecule has 0 unspecified atom stereocenters. The Hall–Kier alpha value is -2.43. The minimum Gasteiger partial charge on any atom is -0.268 e. The number of sulfonamides is 1. The van der Waals surface area contributed by atoms with Gasteiger partial charge < -0.3 is 0 Å². The van der Waals surface area contributed by atoms with Gasteiger partial charge in [0.1, 0.15) is 0 Å². The lowest BCUT2D eigenvalue weighted by atomic mass is 10.1. The van der Waals surface area contributed by atoms with Crippen LogP contribution in [0.1, 0.15) is 15.9 Å². The Balaban J connectivity index is 2.21. The van der Waals surface area contributed by atoms with Gasteiger partial charge in [-0.1, -0.05) is 11.6 Å². The highest BCUT2D eigenvalue weighted by Crippen LogP contribution is 2.11. The van der Waals surface area contributed by atoms with Gasteiger partial charge in [0, 0.05) is 11.8 Å². The molecule has 2 aromatic rings. The summed E-state index contributed by atoms with van der Waals surface area (Å²) >= 11 is 5.62. The summed E-state index contributed by atoms with van der Waals surface area (Å²) in [6.07, 6.45) is 1.17. The molecule has 1 aromatic carbocycles. The Morgan fingerprint density at radius 3 is 2.38 bits per heavy atom. The van der Waals surface area contributed by atoms with Crippen LogP contribution in [0.25, 0.3) is 0 Å². The van der Waals surface area contributed by atoms with E-state index in [9.17, 15) is 13.2 Å². The molecule has 2 rings (SSSR count). The van der Waals surface area contributed by atoms with Crippen LogP contribution in [-0.2, 0) is 10.0 Å². The van der Waals surface area contributed by atoms with E-state index in [0.29, 0.717) is 5.56 Å². The highest BCUT2D eigenvalue weighted by Gasteiger charge is 2.19. The molecule has 1 heterocycles. The number of pyridine rings is 1. The molecule has 0 bridgehead atoms. The Labute approximate surface area is 126 Å². The molecule has 0 saturated carbocycles. The van der Waals surface area contributed by atoms with Gasteiger partial charge in [-0.05, 0) is 36.4 Å². The Morgan fingerprint density at radius 1 is 1.19 bits per heavy atom. The molecule has 0 fully saturated rings. The molecule has 0 aliphatic carbocycles. The zero-order valence-electron chi connectivity index (χ0n) is 10.4. The lowest BCUT2D eigenvalue weighted by Crippen LogP contribution is -2.31. The molecule has 0 spiro atoms. The van der Waals surface area contributed by atoms with Crippen molar-refractivity contribution in [3.05, 3.63) is 58.7 Å². The standard InChI is InChI=1S/C13H8ClN3O3S/c14-11-5-6-12(16-8-11)21(19,20)17-13(18)10-3-1-9(7-15)2-4-10/h1-6,8H,(H,17,18). The first-order valence-corrected chi connectivity index (χ1v) is 7.47. The largest absolute Gasteiger partial charge is 0.281 e. The van der Waals surface area contributed by atoms with Crippen LogP contribution >= 0.6 is 11.6 Å². The van der Waals surface area contributed by atoms with Crippen molar-refractivity contribution in [3.63, 3.8) is 0 Å². The quantitative estimate of drug-likeness (QED) is 0.927. The molecule has 106 valence electrons. The van der Waals surface area contributed by atoms with Crippen LogP contribution in [0.2, 0.25) is 5.02 Å². The molecule has 8 heteroatoms. The number of rotatable bonds is 3. The number of carbonyl (C=O) groups excluding carboxylic acids is 1. The summed E-state index contributed by atoms with van der Waals surface area (Å²) in [7, 11) is -4.07. The molecule has 0 atom stereocenters. The lowest BCUT2D eigenvalue weighted by molar-refractivity contribution is 0.0981. The second-order valence-electron chi connectivity index (χ2n) is 3.94. The van der Waals surface area contributed by atoms with E-state index in [1.54, 1.807) is 0 Å². The summed E-state index contributed by atoms with van der Waals surface area (Å²) < 4.78 is 25.8. The first kappa shape index (κ1) is 15.0. The van der Waals surface area contributed by atoms with Crippen molar-refractivity contribution in [3.8, 4) is 6.07 Å². The van der Waals surface area contributed by atoms with Gasteiger partial charge in [0.2, 0.25) is 0 Å². The topological polar surface area (TPSA) is 99.9 Å². The number of nitriles is 1. The molecule has 0 aliphatic rings. The summed E-state index contributed by atoms with van der Waals surface area (Å²) in [5, 5.41) is 8.63. The van der Waals surface area contributed by atoms with Gasteiger partial charge in [0.05, 0.1) is 16.7 Å². The van der Waals surface area contributed by atoms with Crippen LogP contribution in [0, 0.1) is 11.3 Å². The summed E-state index contributed by atoms with van der Waals surface area (Å²) in [6.45, 7) is 0. The number of aromatic nitrogens is 1. The number of amides is 1. The van der Waals surface area contributed by atoms with E-state index in [4.69, 9.17) is 16.9 Å². The number of benzene rings is 1. The molecule has 21 heavy (non-hydrogen) atoms. The molecule has 6 nitrogen and oxygen atoms in total. The molecule has 1 amide bonds. The highest BCUT2D eigenvalue weighted by molar-refractivity contribution is 7.90. The summed E-state index contributed by atoms with van der Waals surface area (Å²) in [6, 6.07) is 10.0. The van der Waals surface area contributed by atoms with E-state index >= 15 is 0 Å². The zero-order valence-corrected chi connectivity index (χ0v) is 12.0. The molecule has 1 aromatic heterocycles. The lowest BCUT2D eigenvalue weighted by Gasteiger charge is -2.06. The van der Waals surface area contributed by atoms with Crippen LogP contribution in [0.4, 0.5) is 0 Å². The smallest absolute Gasteiger partial charge is 0.268 e. The van der Waals surface area contributed by atoms with Crippen molar-refractivity contribution >= 4 is 27.5 Å². The average molecular weight is 322 g/mol. The average Bonchev–Trinajstić information content (AvgIpc) is 2.47. The van der Waals surface area contributed by atoms with Gasteiger partial charge in [-0.2, -0.15) is 13.7 Å². The van der Waals surface area contributed by atoms with E-state index in [1.807, 2.05) is 10.8 Å². The number of hydrogen-bond acceptors (Lipinski definition) is 5. The van der Waals surface area contributed by atoms with Gasteiger partial charge in [-0.3, -0.25) is 4.79 Å². The van der Waals surface area contributed by atoms with Crippen molar-refractivity contribution in [2.24, 2.45) is 0 Å². The van der Waals surface area contributed by atoms with Crippen molar-refractivity contribution in [1.82, 2.24) is 9.71 Å². The minimum absolute atomic E-state index is 0.117. The van der Waals surface area contributed by atoms with Gasteiger partial charge in [0.15, 0.2) is 5.03 Å². The fraction of sp³-hybridized carbons (Fsp3) is 0. The van der Waals surface area contributed by atoms with Crippen LogP contribution in [0.15, 0.2) is 47.6 Å². The van der Waals surface area contributed by atoms with Crippen molar-refractivity contribution in [2.75, 3.05) is 0 Å². The third-order valence-corrected chi connectivity index (χ3v) is 3.95. The summed E-state index contributed by atoms with van der Waals surface area (Å²) in [5.74, 6) is -0.809. The highest BCUT2D eigenvalue weighted by atomic mass is 35.5. The van der Waals surface area contributed by atoms with Crippen LogP contribution in [-0.4, -0.2) is 19.3 Å². The van der Waals surface area contributed by atoms with Crippen LogP contribution in [0.5, 0.6) is 0 Å². The maximum absolute atomic E-state index is 12.0. The third kappa shape index (κ3) is 3.56. The van der Waals surface area contributed by atoms with E-state index in [0.717, 1.165) is 0 Å². The minimum atomic E-state index is -4.07. The van der Waals surface area contributed by atoms with Crippen molar-refractivity contribution < 1.29 is 13.2 Å². The van der Waals surface area contributed by atoms with E-state index in [-0.39, 0.29) is 15.6 Å². The first-order valence-electron chi connectivity index (χ1n) is 5.61. The molecule has 0 saturated heterocycles. The first-order chi connectivity index (χ1) is 9.92. The predicted octanol–water partition coefficient (Wildman–Crippen LogP) is 1.73. The number of nitrogens with zero attached hydrogens (tertiary/aromatic N) is 2. The Morgan fingerprint density at radius 2 is 1.86 bits per heavy atom. The third-order valence-electron chi connectivity index (χ3n) is 2.48. The molecular weight excluding hydrogens is 314 g/mol. The fourth-order valence-electron chi connectivity index (χ4n) is 1.45. The van der Waals surface area contributed by atoms with Gasteiger partial charge in [0.25, 0.3) is 15.9 Å². The van der Waals surface area contributed by atoms with Crippen LogP contribution in [0.3, 0.4) is 0 Å². The zero-order chi connectivity index (χ0) is 15.5. The predicted molar refractivity (Wildman–Crippen MR) is 75.1 cm³/mol. The van der Waals surface area contributed by atoms with E-state index in [1.165, 1.54) is 42.6 Å². The molecular formula is C13H8ClN3O3S. The normalized spacial score (nSPS) is 10.7. The van der Waals surface area contributed by atoms with Gasteiger partial charge >= 0.3 is 0 Å². The van der Waals surface area contributed by atoms with Crippen LogP contribution < -0.4 is 4.72 Å². The maximum Gasteiger partial charge on any atom is 0.281 e. The molecule has 1 N–H and O–H groups in total. The maximum atomic E-state index is 12.0. The summed E-state index contributed by atoms with van der Waals surface area (Å²) in [4.78, 5) is 15.5. The van der Waals surface area contributed by atoms with E-state index < -0.39 is 15.9 Å². The number of nitrogens with one attached hydrogen (secondary N) is 1. The SMILES string of the molecule is N#Cc1ccc(C(=O)NS(=O)(=O)c2ccc(Cl)cn2)cc1. The number of carbonyl (C=O) groups is 1. The number of halogens is 1. The molecule has 0 radical (unpaired) electrons. The number of hydrogen-bond donors (Lipinski definition) is 1.